The van der Waals surface area contributed by atoms with E-state index in [9.17, 15) is 18.5 Å². The summed E-state index contributed by atoms with van der Waals surface area (Å²) in [6, 6.07) is 13.4. The van der Waals surface area contributed by atoms with E-state index in [0.29, 0.717) is 6.42 Å². The van der Waals surface area contributed by atoms with Gasteiger partial charge in [-0.25, -0.2) is 8.42 Å². The molecule has 0 heterocycles. The first-order chi connectivity index (χ1) is 13.8. The van der Waals surface area contributed by atoms with E-state index in [1.807, 2.05) is 37.3 Å². The minimum atomic E-state index is -3.79. The second-order valence-corrected chi connectivity index (χ2v) is 8.25. The van der Waals surface area contributed by atoms with Gasteiger partial charge in [0, 0.05) is 19.2 Å². The van der Waals surface area contributed by atoms with Crippen molar-refractivity contribution in [1.29, 1.82) is 0 Å². The summed E-state index contributed by atoms with van der Waals surface area (Å²) in [6.45, 7) is 6.04. The van der Waals surface area contributed by atoms with Gasteiger partial charge < -0.3 is 0 Å². The van der Waals surface area contributed by atoms with Gasteiger partial charge in [0.15, 0.2) is 0 Å². The van der Waals surface area contributed by atoms with Gasteiger partial charge >= 0.3 is 0 Å². The fourth-order valence-corrected chi connectivity index (χ4v) is 4.37. The average Bonchev–Trinajstić information content (AvgIpc) is 2.72. The molecule has 29 heavy (non-hydrogen) atoms. The maximum absolute atomic E-state index is 12.7. The highest BCUT2D eigenvalue weighted by Crippen LogP contribution is 2.29. The highest BCUT2D eigenvalue weighted by Gasteiger charge is 2.25. The Balaban J connectivity index is 2.42. The molecule has 0 spiro atoms. The molecule has 1 N–H and O–H groups in total. The van der Waals surface area contributed by atoms with Crippen LogP contribution in [0.2, 0.25) is 0 Å². The van der Waals surface area contributed by atoms with Crippen LogP contribution in [-0.4, -0.2) is 36.4 Å². The Labute approximate surface area is 171 Å². The minimum absolute atomic E-state index is 0.112. The Bertz CT molecular complexity index is 971. The van der Waals surface area contributed by atoms with E-state index < -0.39 is 14.9 Å². The number of nitro groups is 1. The monoisotopic (exact) mass is 418 g/mol. The average molecular weight is 419 g/mol. The molecule has 0 atom stereocenters. The molecule has 0 bridgehead atoms. The molecular weight excluding hydrogens is 392 g/mol. The van der Waals surface area contributed by atoms with Crippen LogP contribution in [0.25, 0.3) is 0 Å². The van der Waals surface area contributed by atoms with Gasteiger partial charge in [0.1, 0.15) is 5.69 Å². The molecule has 0 aliphatic rings. The fourth-order valence-electron chi connectivity index (χ4n) is 2.89. The molecule has 0 fully saturated rings. The number of sulfonamides is 1. The Kier molecular flexibility index (Phi) is 7.86. The van der Waals surface area contributed by atoms with E-state index in [0.717, 1.165) is 23.8 Å². The molecule has 0 saturated carbocycles. The molecule has 8 nitrogen and oxygen atoms in total. The van der Waals surface area contributed by atoms with Crippen LogP contribution >= 0.6 is 0 Å². The quantitative estimate of drug-likeness (QED) is 0.353. The summed E-state index contributed by atoms with van der Waals surface area (Å²) in [5.74, 6) is 0. The lowest BCUT2D eigenvalue weighted by atomic mass is 10.1. The highest BCUT2D eigenvalue weighted by molar-refractivity contribution is 7.89. The third-order valence-corrected chi connectivity index (χ3v) is 6.46. The van der Waals surface area contributed by atoms with Crippen molar-refractivity contribution in [2.24, 2.45) is 5.10 Å². The van der Waals surface area contributed by atoms with Gasteiger partial charge in [0.05, 0.1) is 15.5 Å². The molecule has 0 amide bonds. The Hall–Kier alpha value is -2.78. The van der Waals surface area contributed by atoms with Crippen LogP contribution < -0.4 is 5.43 Å². The minimum Gasteiger partial charge on any atom is -0.271 e. The summed E-state index contributed by atoms with van der Waals surface area (Å²) in [4.78, 5) is 10.8. The van der Waals surface area contributed by atoms with E-state index >= 15 is 0 Å². The number of rotatable bonds is 10. The Morgan fingerprint density at radius 3 is 2.31 bits per heavy atom. The standard InChI is InChI=1S/C20H26N4O4S/c1-4-10-18(16-11-8-7-9-12-16)21-22-19-14-13-17(15-20(19)24(25)26)29(27,28)23(5-2)6-3/h7-9,11-15,22H,4-6,10H2,1-3H3/b21-18-. The first-order valence-corrected chi connectivity index (χ1v) is 11.0. The summed E-state index contributed by atoms with van der Waals surface area (Å²) in [6.07, 6.45) is 1.55. The van der Waals surface area contributed by atoms with Gasteiger partial charge in [-0.05, 0) is 24.1 Å². The topological polar surface area (TPSA) is 105 Å². The fraction of sp³-hybridized carbons (Fsp3) is 0.350. The van der Waals surface area contributed by atoms with Crippen molar-refractivity contribution in [3.05, 3.63) is 64.2 Å². The lowest BCUT2D eigenvalue weighted by molar-refractivity contribution is -0.384. The molecule has 2 aromatic rings. The molecule has 0 unspecified atom stereocenters. The molecule has 0 aliphatic carbocycles. The van der Waals surface area contributed by atoms with Crippen molar-refractivity contribution in [2.45, 2.75) is 38.5 Å². The van der Waals surface area contributed by atoms with Crippen molar-refractivity contribution in [1.82, 2.24) is 4.31 Å². The zero-order chi connectivity index (χ0) is 21.4. The van der Waals surface area contributed by atoms with Gasteiger partial charge in [-0.2, -0.15) is 9.41 Å². The molecule has 0 aliphatic heterocycles. The van der Waals surface area contributed by atoms with Crippen molar-refractivity contribution in [3.63, 3.8) is 0 Å². The highest BCUT2D eigenvalue weighted by atomic mass is 32.2. The van der Waals surface area contributed by atoms with Crippen molar-refractivity contribution in [2.75, 3.05) is 18.5 Å². The SMILES string of the molecule is CCC/C(=N/Nc1ccc(S(=O)(=O)N(CC)CC)cc1[N+](=O)[O-])c1ccccc1. The van der Waals surface area contributed by atoms with E-state index in [1.165, 1.54) is 16.4 Å². The van der Waals surface area contributed by atoms with Gasteiger partial charge in [-0.15, -0.1) is 0 Å². The summed E-state index contributed by atoms with van der Waals surface area (Å²) in [5.41, 5.74) is 4.23. The number of benzene rings is 2. The molecule has 0 aromatic heterocycles. The maximum Gasteiger partial charge on any atom is 0.295 e. The molecule has 2 aromatic carbocycles. The van der Waals surface area contributed by atoms with Crippen LogP contribution in [0.15, 0.2) is 58.5 Å². The van der Waals surface area contributed by atoms with Crippen LogP contribution in [0.3, 0.4) is 0 Å². The molecule has 0 saturated heterocycles. The Morgan fingerprint density at radius 1 is 1.10 bits per heavy atom. The maximum atomic E-state index is 12.7. The van der Waals surface area contributed by atoms with Gasteiger partial charge in [0.2, 0.25) is 10.0 Å². The largest absolute Gasteiger partial charge is 0.295 e. The second kappa shape index (κ2) is 10.1. The molecule has 156 valence electrons. The molecule has 2 rings (SSSR count). The van der Waals surface area contributed by atoms with Crippen molar-refractivity contribution in [3.8, 4) is 0 Å². The number of anilines is 1. The first-order valence-electron chi connectivity index (χ1n) is 9.51. The summed E-state index contributed by atoms with van der Waals surface area (Å²) < 4.78 is 26.6. The van der Waals surface area contributed by atoms with Crippen LogP contribution in [-0.2, 0) is 10.0 Å². The number of hydrogen-bond donors (Lipinski definition) is 1. The van der Waals surface area contributed by atoms with Gasteiger partial charge in [0.25, 0.3) is 5.69 Å². The Morgan fingerprint density at radius 2 is 1.76 bits per heavy atom. The molecular formula is C20H26N4O4S. The van der Waals surface area contributed by atoms with E-state index in [1.54, 1.807) is 13.8 Å². The van der Waals surface area contributed by atoms with Crippen molar-refractivity contribution >= 4 is 27.1 Å². The van der Waals surface area contributed by atoms with Gasteiger partial charge in [-0.1, -0.05) is 57.5 Å². The second-order valence-electron chi connectivity index (χ2n) is 6.31. The van der Waals surface area contributed by atoms with Crippen LogP contribution in [0.1, 0.15) is 39.2 Å². The third-order valence-electron chi connectivity index (χ3n) is 4.41. The van der Waals surface area contributed by atoms with Crippen LogP contribution in [0.4, 0.5) is 11.4 Å². The number of nitrogens with zero attached hydrogens (tertiary/aromatic N) is 3. The van der Waals surface area contributed by atoms with Crippen molar-refractivity contribution < 1.29 is 13.3 Å². The number of hydrazone groups is 1. The first kappa shape index (κ1) is 22.5. The van der Waals surface area contributed by atoms with Gasteiger partial charge in [-0.3, -0.25) is 15.5 Å². The summed E-state index contributed by atoms with van der Waals surface area (Å²) in [5, 5.41) is 15.9. The zero-order valence-corrected chi connectivity index (χ0v) is 17.6. The van der Waals surface area contributed by atoms with Crippen LogP contribution in [0.5, 0.6) is 0 Å². The van der Waals surface area contributed by atoms with E-state index in [2.05, 4.69) is 10.5 Å². The number of nitro benzene ring substituents is 1. The third kappa shape index (κ3) is 5.39. The molecule has 9 heteroatoms. The number of nitrogens with one attached hydrogen (secondary N) is 1. The van der Waals surface area contributed by atoms with E-state index in [-0.39, 0.29) is 29.4 Å². The summed E-state index contributed by atoms with van der Waals surface area (Å²) in [7, 11) is -3.79. The normalized spacial score (nSPS) is 12.2. The number of hydrogen-bond acceptors (Lipinski definition) is 6. The predicted octanol–water partition coefficient (Wildman–Crippen LogP) is 4.24. The summed E-state index contributed by atoms with van der Waals surface area (Å²) >= 11 is 0. The van der Waals surface area contributed by atoms with Crippen LogP contribution in [0, 0.1) is 10.1 Å². The molecule has 0 radical (unpaired) electrons. The lowest BCUT2D eigenvalue weighted by Gasteiger charge is -2.18. The smallest absolute Gasteiger partial charge is 0.271 e. The predicted molar refractivity (Wildman–Crippen MR) is 115 cm³/mol. The lowest BCUT2D eigenvalue weighted by Crippen LogP contribution is -2.30. The zero-order valence-electron chi connectivity index (χ0n) is 16.8. The van der Waals surface area contributed by atoms with E-state index in [4.69, 9.17) is 0 Å².